The van der Waals surface area contributed by atoms with Gasteiger partial charge < -0.3 is 9.84 Å². The molecule has 94 valence electrons. The van der Waals surface area contributed by atoms with Crippen LogP contribution < -0.4 is 4.74 Å². The Morgan fingerprint density at radius 2 is 1.78 bits per heavy atom. The largest absolute Gasteiger partial charge is 0.455 e. The van der Waals surface area contributed by atoms with Crippen molar-refractivity contribution >= 4 is 43.5 Å². The summed E-state index contributed by atoms with van der Waals surface area (Å²) in [6, 6.07) is 10.8. The zero-order valence-electron chi connectivity index (χ0n) is 9.16. The highest BCUT2D eigenvalue weighted by Crippen LogP contribution is 2.35. The summed E-state index contributed by atoms with van der Waals surface area (Å²) in [6.45, 7) is -0.0397. The molecule has 0 radical (unpaired) electrons. The van der Waals surface area contributed by atoms with Crippen LogP contribution in [0.4, 0.5) is 0 Å². The molecule has 2 aromatic rings. The quantitative estimate of drug-likeness (QED) is 0.783. The van der Waals surface area contributed by atoms with Crippen molar-refractivity contribution < 1.29 is 9.84 Å². The van der Waals surface area contributed by atoms with Crippen LogP contribution in [0.15, 0.2) is 45.3 Å². The van der Waals surface area contributed by atoms with Crippen LogP contribution in [-0.2, 0) is 6.61 Å². The first-order chi connectivity index (χ1) is 8.60. The molecule has 0 aromatic heterocycles. The fraction of sp³-hybridized carbons (Fsp3) is 0.0769. The van der Waals surface area contributed by atoms with Gasteiger partial charge in [0.25, 0.3) is 0 Å². The van der Waals surface area contributed by atoms with E-state index in [4.69, 9.17) is 21.4 Å². The smallest absolute Gasteiger partial charge is 0.146 e. The molecule has 0 bridgehead atoms. The van der Waals surface area contributed by atoms with Crippen LogP contribution in [0.1, 0.15) is 5.56 Å². The molecule has 0 aliphatic heterocycles. The Hall–Kier alpha value is -0.550. The number of benzene rings is 2. The molecule has 0 unspecified atom stereocenters. The lowest BCUT2D eigenvalue weighted by Crippen LogP contribution is -1.89. The van der Waals surface area contributed by atoms with Crippen LogP contribution in [0, 0.1) is 0 Å². The molecule has 0 aliphatic carbocycles. The fourth-order valence-corrected chi connectivity index (χ4v) is 2.77. The van der Waals surface area contributed by atoms with Gasteiger partial charge in [0.2, 0.25) is 0 Å². The molecule has 0 amide bonds. The summed E-state index contributed by atoms with van der Waals surface area (Å²) in [6.07, 6.45) is 0. The second-order valence-corrected chi connectivity index (χ2v) is 5.78. The molecule has 0 atom stereocenters. The number of aliphatic hydroxyl groups is 1. The number of aliphatic hydroxyl groups excluding tert-OH is 1. The van der Waals surface area contributed by atoms with Gasteiger partial charge in [0, 0.05) is 4.47 Å². The highest BCUT2D eigenvalue weighted by Gasteiger charge is 2.07. The molecule has 2 rings (SSSR count). The third-order valence-corrected chi connectivity index (χ3v) is 3.70. The monoisotopic (exact) mass is 390 g/mol. The lowest BCUT2D eigenvalue weighted by molar-refractivity contribution is 0.281. The number of rotatable bonds is 3. The number of hydrogen-bond donors (Lipinski definition) is 1. The highest BCUT2D eigenvalue weighted by atomic mass is 79.9. The second-order valence-electron chi connectivity index (χ2n) is 3.60. The molecule has 18 heavy (non-hydrogen) atoms. The first-order valence-electron chi connectivity index (χ1n) is 5.12. The second kappa shape index (κ2) is 6.06. The minimum atomic E-state index is -0.0397. The lowest BCUT2D eigenvalue weighted by atomic mass is 10.2. The van der Waals surface area contributed by atoms with Gasteiger partial charge in [0.1, 0.15) is 11.5 Å². The van der Waals surface area contributed by atoms with Gasteiger partial charge in [-0.15, -0.1) is 0 Å². The standard InChI is InChI=1S/C13H9Br2ClO2/c14-9-2-4-12(10(15)6-9)18-13-3-1-8(7-17)5-11(13)16/h1-6,17H,7H2. The summed E-state index contributed by atoms with van der Waals surface area (Å²) in [5.41, 5.74) is 0.752. The Labute approximate surface area is 127 Å². The van der Waals surface area contributed by atoms with Gasteiger partial charge in [-0.05, 0) is 51.8 Å². The minimum Gasteiger partial charge on any atom is -0.455 e. The molecule has 0 fully saturated rings. The summed E-state index contributed by atoms with van der Waals surface area (Å²) in [7, 11) is 0. The molecule has 1 N–H and O–H groups in total. The third kappa shape index (κ3) is 3.26. The average molecular weight is 392 g/mol. The van der Waals surface area contributed by atoms with E-state index in [1.165, 1.54) is 0 Å². The Balaban J connectivity index is 2.28. The van der Waals surface area contributed by atoms with Crippen LogP contribution in [0.2, 0.25) is 5.02 Å². The van der Waals surface area contributed by atoms with Gasteiger partial charge in [-0.3, -0.25) is 0 Å². The molecule has 0 spiro atoms. The predicted octanol–water partition coefficient (Wildman–Crippen LogP) is 5.15. The van der Waals surface area contributed by atoms with Gasteiger partial charge >= 0.3 is 0 Å². The van der Waals surface area contributed by atoms with Gasteiger partial charge in [-0.1, -0.05) is 33.6 Å². The van der Waals surface area contributed by atoms with E-state index < -0.39 is 0 Å². The van der Waals surface area contributed by atoms with Crippen molar-refractivity contribution in [2.24, 2.45) is 0 Å². The van der Waals surface area contributed by atoms with Crippen molar-refractivity contribution in [2.45, 2.75) is 6.61 Å². The molecular weight excluding hydrogens is 383 g/mol. The van der Waals surface area contributed by atoms with Crippen LogP contribution >= 0.6 is 43.5 Å². The van der Waals surface area contributed by atoms with E-state index in [0.29, 0.717) is 16.5 Å². The van der Waals surface area contributed by atoms with Crippen molar-refractivity contribution in [1.82, 2.24) is 0 Å². The molecule has 5 heteroatoms. The molecule has 0 saturated heterocycles. The normalized spacial score (nSPS) is 10.4. The van der Waals surface area contributed by atoms with Crippen LogP contribution in [0.3, 0.4) is 0 Å². The van der Waals surface area contributed by atoms with E-state index in [2.05, 4.69) is 31.9 Å². The maximum Gasteiger partial charge on any atom is 0.146 e. The zero-order valence-corrected chi connectivity index (χ0v) is 13.1. The van der Waals surface area contributed by atoms with Gasteiger partial charge in [-0.2, -0.15) is 0 Å². The van der Waals surface area contributed by atoms with Gasteiger partial charge in [-0.25, -0.2) is 0 Å². The maximum atomic E-state index is 9.01. The summed E-state index contributed by atoms with van der Waals surface area (Å²) >= 11 is 12.9. The van der Waals surface area contributed by atoms with Crippen molar-refractivity contribution in [3.63, 3.8) is 0 Å². The number of ether oxygens (including phenoxy) is 1. The first kappa shape index (κ1) is 13.9. The van der Waals surface area contributed by atoms with Gasteiger partial charge in [0.15, 0.2) is 0 Å². The van der Waals surface area contributed by atoms with E-state index in [-0.39, 0.29) is 6.61 Å². The Kier molecular flexibility index (Phi) is 4.67. The molecule has 0 heterocycles. The van der Waals surface area contributed by atoms with Crippen molar-refractivity contribution in [2.75, 3.05) is 0 Å². The van der Waals surface area contributed by atoms with Crippen LogP contribution in [0.25, 0.3) is 0 Å². The molecular formula is C13H9Br2ClO2. The highest BCUT2D eigenvalue weighted by molar-refractivity contribution is 9.11. The van der Waals surface area contributed by atoms with Crippen molar-refractivity contribution in [1.29, 1.82) is 0 Å². The SMILES string of the molecule is OCc1ccc(Oc2ccc(Br)cc2Br)c(Cl)c1. The summed E-state index contributed by atoms with van der Waals surface area (Å²) in [5, 5.41) is 9.47. The van der Waals surface area contributed by atoms with Crippen molar-refractivity contribution in [3.8, 4) is 11.5 Å². The molecule has 2 nitrogen and oxygen atoms in total. The van der Waals surface area contributed by atoms with E-state index in [9.17, 15) is 0 Å². The fourth-order valence-electron chi connectivity index (χ4n) is 1.40. The van der Waals surface area contributed by atoms with E-state index in [1.54, 1.807) is 18.2 Å². The molecule has 0 aliphatic rings. The summed E-state index contributed by atoms with van der Waals surface area (Å²) in [5.74, 6) is 1.23. The first-order valence-corrected chi connectivity index (χ1v) is 7.09. The molecule has 2 aromatic carbocycles. The predicted molar refractivity (Wildman–Crippen MR) is 79.3 cm³/mol. The average Bonchev–Trinajstić information content (AvgIpc) is 2.34. The summed E-state index contributed by atoms with van der Waals surface area (Å²) < 4.78 is 7.51. The van der Waals surface area contributed by atoms with E-state index in [1.807, 2.05) is 18.2 Å². The number of halogens is 3. The van der Waals surface area contributed by atoms with Crippen LogP contribution in [0.5, 0.6) is 11.5 Å². The maximum absolute atomic E-state index is 9.01. The summed E-state index contributed by atoms with van der Waals surface area (Å²) in [4.78, 5) is 0. The molecule has 0 saturated carbocycles. The third-order valence-electron chi connectivity index (χ3n) is 2.29. The van der Waals surface area contributed by atoms with Gasteiger partial charge in [0.05, 0.1) is 16.1 Å². The van der Waals surface area contributed by atoms with Crippen molar-refractivity contribution in [3.05, 3.63) is 55.9 Å². The van der Waals surface area contributed by atoms with E-state index in [0.717, 1.165) is 14.5 Å². The lowest BCUT2D eigenvalue weighted by Gasteiger charge is -2.10. The Morgan fingerprint density at radius 3 is 2.39 bits per heavy atom. The minimum absolute atomic E-state index is 0.0397. The zero-order chi connectivity index (χ0) is 13.1. The Bertz CT molecular complexity index is 573. The van der Waals surface area contributed by atoms with Crippen LogP contribution in [-0.4, -0.2) is 5.11 Å². The topological polar surface area (TPSA) is 29.5 Å². The van der Waals surface area contributed by atoms with E-state index >= 15 is 0 Å². The number of hydrogen-bond acceptors (Lipinski definition) is 2. The Morgan fingerprint density at radius 1 is 1.06 bits per heavy atom.